The number of aliphatic hydroxyl groups excluding tert-OH is 1. The van der Waals surface area contributed by atoms with Gasteiger partial charge in [-0.15, -0.1) is 17.8 Å². The first kappa shape index (κ1) is 9.71. The van der Waals surface area contributed by atoms with Gasteiger partial charge < -0.3 is 9.84 Å². The fourth-order valence-corrected chi connectivity index (χ4v) is 1.41. The van der Waals surface area contributed by atoms with E-state index in [0.29, 0.717) is 5.01 Å². The number of esters is 1. The molecule has 5 heteroatoms. The van der Waals surface area contributed by atoms with Crippen molar-refractivity contribution in [3.8, 4) is 12.3 Å². The largest absolute Gasteiger partial charge is 0.464 e. The van der Waals surface area contributed by atoms with Crippen LogP contribution in [0.3, 0.4) is 0 Å². The Kier molecular flexibility index (Phi) is 3.01. The molecule has 0 aliphatic rings. The highest BCUT2D eigenvalue weighted by atomic mass is 32.1. The molecule has 0 saturated heterocycles. The summed E-state index contributed by atoms with van der Waals surface area (Å²) < 4.78 is 4.43. The first-order valence-electron chi connectivity index (χ1n) is 3.37. The van der Waals surface area contributed by atoms with Crippen molar-refractivity contribution in [2.45, 2.75) is 6.10 Å². The van der Waals surface area contributed by atoms with Crippen LogP contribution >= 0.6 is 11.3 Å². The van der Waals surface area contributed by atoms with E-state index in [1.165, 1.54) is 12.5 Å². The second-order valence-corrected chi connectivity index (χ2v) is 3.02. The minimum atomic E-state index is -1.05. The van der Waals surface area contributed by atoms with Crippen LogP contribution in [0.5, 0.6) is 0 Å². The zero-order valence-corrected chi connectivity index (χ0v) is 7.67. The highest BCUT2D eigenvalue weighted by Gasteiger charge is 2.14. The lowest BCUT2D eigenvalue weighted by molar-refractivity contribution is 0.0594. The average Bonchev–Trinajstić information content (AvgIpc) is 2.64. The number of aliphatic hydroxyl groups is 1. The number of carbonyl (C=O) groups is 1. The number of hydrogen-bond acceptors (Lipinski definition) is 5. The Morgan fingerprint density at radius 1 is 1.92 bits per heavy atom. The number of carbonyl (C=O) groups excluding carboxylic acids is 1. The van der Waals surface area contributed by atoms with Crippen LogP contribution in [0.25, 0.3) is 0 Å². The summed E-state index contributed by atoms with van der Waals surface area (Å²) in [5.41, 5.74) is 0.164. The molecule has 1 heterocycles. The zero-order valence-electron chi connectivity index (χ0n) is 6.85. The molecule has 1 aromatic rings. The predicted octanol–water partition coefficient (Wildman–Crippen LogP) is 0.596. The summed E-state index contributed by atoms with van der Waals surface area (Å²) in [7, 11) is 1.26. The summed E-state index contributed by atoms with van der Waals surface area (Å²) in [5.74, 6) is 1.57. The SMILES string of the molecule is C#CC(O)c1nc(C(=O)OC)cs1. The summed E-state index contributed by atoms with van der Waals surface area (Å²) in [6, 6.07) is 0. The van der Waals surface area contributed by atoms with Crippen molar-refractivity contribution in [2.24, 2.45) is 0 Å². The molecule has 0 bridgehead atoms. The Labute approximate surface area is 79.2 Å². The van der Waals surface area contributed by atoms with Gasteiger partial charge in [0.15, 0.2) is 11.8 Å². The summed E-state index contributed by atoms with van der Waals surface area (Å²) in [6.45, 7) is 0. The van der Waals surface area contributed by atoms with Crippen molar-refractivity contribution in [2.75, 3.05) is 7.11 Å². The Morgan fingerprint density at radius 2 is 2.62 bits per heavy atom. The van der Waals surface area contributed by atoms with Gasteiger partial charge in [0.05, 0.1) is 7.11 Å². The number of hydrogen-bond donors (Lipinski definition) is 1. The Hall–Kier alpha value is -1.38. The molecule has 1 N–H and O–H groups in total. The Balaban J connectivity index is 2.88. The van der Waals surface area contributed by atoms with Gasteiger partial charge >= 0.3 is 5.97 Å². The molecule has 1 unspecified atom stereocenters. The third kappa shape index (κ3) is 2.05. The molecule has 1 atom stereocenters. The molecule has 0 amide bonds. The zero-order chi connectivity index (χ0) is 9.84. The van der Waals surface area contributed by atoms with Crippen molar-refractivity contribution in [1.82, 2.24) is 4.98 Å². The fraction of sp³-hybridized carbons (Fsp3) is 0.250. The van der Waals surface area contributed by atoms with E-state index in [1.54, 1.807) is 0 Å². The molecule has 1 aromatic heterocycles. The van der Waals surface area contributed by atoms with Crippen LogP contribution in [-0.4, -0.2) is 23.2 Å². The minimum absolute atomic E-state index is 0.164. The summed E-state index contributed by atoms with van der Waals surface area (Å²) >= 11 is 1.12. The molecule has 1 rings (SSSR count). The monoisotopic (exact) mass is 197 g/mol. The Morgan fingerprint density at radius 3 is 3.15 bits per heavy atom. The van der Waals surface area contributed by atoms with Crippen molar-refractivity contribution < 1.29 is 14.6 Å². The van der Waals surface area contributed by atoms with Gasteiger partial charge in [-0.3, -0.25) is 0 Å². The van der Waals surface area contributed by atoms with E-state index in [0.717, 1.165) is 11.3 Å². The second kappa shape index (κ2) is 4.03. The van der Waals surface area contributed by atoms with Gasteiger partial charge in [-0.25, -0.2) is 9.78 Å². The minimum Gasteiger partial charge on any atom is -0.464 e. The van der Waals surface area contributed by atoms with E-state index >= 15 is 0 Å². The summed E-state index contributed by atoms with van der Waals surface area (Å²) in [4.78, 5) is 14.7. The van der Waals surface area contributed by atoms with Crippen LogP contribution in [0.1, 0.15) is 21.6 Å². The van der Waals surface area contributed by atoms with Gasteiger partial charge in [-0.05, 0) is 0 Å². The number of aromatic nitrogens is 1. The normalized spacial score (nSPS) is 11.8. The molecule has 4 nitrogen and oxygen atoms in total. The van der Waals surface area contributed by atoms with Gasteiger partial charge in [0.25, 0.3) is 0 Å². The lowest BCUT2D eigenvalue weighted by Gasteiger charge is -1.95. The van der Waals surface area contributed by atoms with Gasteiger partial charge in [-0.2, -0.15) is 0 Å². The van der Waals surface area contributed by atoms with E-state index in [4.69, 9.17) is 11.5 Å². The number of ether oxygens (including phenoxy) is 1. The molecule has 68 valence electrons. The topological polar surface area (TPSA) is 59.4 Å². The third-order valence-corrected chi connectivity index (χ3v) is 2.21. The van der Waals surface area contributed by atoms with Gasteiger partial charge in [0, 0.05) is 5.38 Å². The maximum absolute atomic E-state index is 10.9. The predicted molar refractivity (Wildman–Crippen MR) is 47.2 cm³/mol. The van der Waals surface area contributed by atoms with E-state index in [1.807, 2.05) is 0 Å². The maximum Gasteiger partial charge on any atom is 0.357 e. The van der Waals surface area contributed by atoms with Crippen molar-refractivity contribution in [3.05, 3.63) is 16.1 Å². The quantitative estimate of drug-likeness (QED) is 0.557. The summed E-state index contributed by atoms with van der Waals surface area (Å²) in [6.07, 6.45) is 3.92. The lowest BCUT2D eigenvalue weighted by Crippen LogP contribution is -2.02. The standard InChI is InChI=1S/C8H7NO3S/c1-3-6(10)7-9-5(4-13-7)8(11)12-2/h1,4,6,10H,2H3. The molecular formula is C8H7NO3S. The molecular weight excluding hydrogens is 190 g/mol. The molecule has 0 saturated carbocycles. The van der Waals surface area contributed by atoms with Crippen LogP contribution in [0, 0.1) is 12.3 Å². The van der Waals surface area contributed by atoms with Crippen molar-refractivity contribution in [3.63, 3.8) is 0 Å². The van der Waals surface area contributed by atoms with Crippen molar-refractivity contribution >= 4 is 17.3 Å². The molecule has 0 aliphatic heterocycles. The third-order valence-electron chi connectivity index (χ3n) is 1.31. The molecule has 0 spiro atoms. The van der Waals surface area contributed by atoms with E-state index in [2.05, 4.69) is 15.6 Å². The number of nitrogens with zero attached hydrogens (tertiary/aromatic N) is 1. The highest BCUT2D eigenvalue weighted by molar-refractivity contribution is 7.09. The van der Waals surface area contributed by atoms with Crippen molar-refractivity contribution in [1.29, 1.82) is 0 Å². The average molecular weight is 197 g/mol. The van der Waals surface area contributed by atoms with E-state index in [-0.39, 0.29) is 5.69 Å². The molecule has 0 radical (unpaired) electrons. The smallest absolute Gasteiger partial charge is 0.357 e. The number of terminal acetylenes is 1. The van der Waals surface area contributed by atoms with E-state index in [9.17, 15) is 4.79 Å². The van der Waals surface area contributed by atoms with Crippen LogP contribution in [0.4, 0.5) is 0 Å². The number of thiazole rings is 1. The van der Waals surface area contributed by atoms with E-state index < -0.39 is 12.1 Å². The molecule has 0 aliphatic carbocycles. The highest BCUT2D eigenvalue weighted by Crippen LogP contribution is 2.17. The van der Waals surface area contributed by atoms with Crippen LogP contribution in [-0.2, 0) is 4.74 Å². The van der Waals surface area contributed by atoms with Crippen LogP contribution < -0.4 is 0 Å². The fourth-order valence-electron chi connectivity index (χ4n) is 0.683. The maximum atomic E-state index is 10.9. The first-order chi connectivity index (χ1) is 6.19. The summed E-state index contributed by atoms with van der Waals surface area (Å²) in [5, 5.41) is 11.0. The second-order valence-electron chi connectivity index (χ2n) is 2.13. The molecule has 0 fully saturated rings. The molecule has 13 heavy (non-hydrogen) atoms. The van der Waals surface area contributed by atoms with Crippen LogP contribution in [0.15, 0.2) is 5.38 Å². The first-order valence-corrected chi connectivity index (χ1v) is 4.25. The number of rotatable bonds is 2. The Bertz CT molecular complexity index is 353. The number of methoxy groups -OCH3 is 1. The molecule has 0 aromatic carbocycles. The van der Waals surface area contributed by atoms with Gasteiger partial charge in [0.1, 0.15) is 5.01 Å². The lowest BCUT2D eigenvalue weighted by atomic mass is 10.4. The van der Waals surface area contributed by atoms with Crippen LogP contribution in [0.2, 0.25) is 0 Å². The van der Waals surface area contributed by atoms with Gasteiger partial charge in [-0.1, -0.05) is 5.92 Å². The van der Waals surface area contributed by atoms with Gasteiger partial charge in [0.2, 0.25) is 0 Å².